The number of fused-ring (bicyclic) bond motifs is 1. The summed E-state index contributed by atoms with van der Waals surface area (Å²) in [6.07, 6.45) is 2.28. The summed E-state index contributed by atoms with van der Waals surface area (Å²) >= 11 is 7.79. The van der Waals surface area contributed by atoms with Crippen LogP contribution in [0.25, 0.3) is 15.9 Å². The van der Waals surface area contributed by atoms with E-state index in [4.69, 9.17) is 11.6 Å². The van der Waals surface area contributed by atoms with E-state index >= 15 is 0 Å². The van der Waals surface area contributed by atoms with E-state index < -0.39 is 5.97 Å². The SMILES string of the molecule is CCc1cc(C(=O)c2ccccc2Cl)c(-n2c(C)nnc2N(C)C(=O)Cn2cc(CC(=O)O)c3ccccc32)s1. The van der Waals surface area contributed by atoms with Gasteiger partial charge in [0, 0.05) is 34.6 Å². The van der Waals surface area contributed by atoms with Crippen molar-refractivity contribution < 1.29 is 19.5 Å². The van der Waals surface area contributed by atoms with Crippen LogP contribution in [-0.2, 0) is 29.0 Å². The molecule has 0 bridgehead atoms. The van der Waals surface area contributed by atoms with Crippen molar-refractivity contribution in [1.29, 1.82) is 0 Å². The molecule has 0 atom stereocenters. The summed E-state index contributed by atoms with van der Waals surface area (Å²) < 4.78 is 3.46. The molecule has 5 aromatic rings. The predicted molar refractivity (Wildman–Crippen MR) is 155 cm³/mol. The van der Waals surface area contributed by atoms with Gasteiger partial charge in [-0.15, -0.1) is 21.5 Å². The molecule has 204 valence electrons. The predicted octanol–water partition coefficient (Wildman–Crippen LogP) is 5.33. The molecule has 3 aromatic heterocycles. The number of amides is 1. The zero-order chi connectivity index (χ0) is 28.6. The average Bonchev–Trinajstić information content (AvgIpc) is 3.63. The van der Waals surface area contributed by atoms with Crippen molar-refractivity contribution in [2.45, 2.75) is 33.2 Å². The maximum atomic E-state index is 13.6. The Hall–Kier alpha value is -4.28. The van der Waals surface area contributed by atoms with E-state index in [-0.39, 0.29) is 30.6 Å². The molecule has 3 heterocycles. The number of hydrogen-bond acceptors (Lipinski definition) is 6. The van der Waals surface area contributed by atoms with Crippen molar-refractivity contribution in [2.24, 2.45) is 0 Å². The number of carboxylic acids is 1. The number of thiophene rings is 1. The van der Waals surface area contributed by atoms with Crippen molar-refractivity contribution in [3.05, 3.63) is 93.2 Å². The van der Waals surface area contributed by atoms with Crippen molar-refractivity contribution in [3.63, 3.8) is 0 Å². The molecule has 0 saturated heterocycles. The Balaban J connectivity index is 1.52. The zero-order valence-corrected chi connectivity index (χ0v) is 23.7. The van der Waals surface area contributed by atoms with Crippen molar-refractivity contribution >= 4 is 57.4 Å². The van der Waals surface area contributed by atoms with Crippen LogP contribution >= 0.6 is 22.9 Å². The van der Waals surface area contributed by atoms with Gasteiger partial charge in [0.1, 0.15) is 17.4 Å². The summed E-state index contributed by atoms with van der Waals surface area (Å²) in [4.78, 5) is 41.0. The summed E-state index contributed by atoms with van der Waals surface area (Å²) in [6.45, 7) is 3.73. The van der Waals surface area contributed by atoms with Crippen LogP contribution in [0.4, 0.5) is 5.95 Å². The maximum Gasteiger partial charge on any atom is 0.307 e. The van der Waals surface area contributed by atoms with Crippen LogP contribution in [0, 0.1) is 6.92 Å². The minimum absolute atomic E-state index is 0.0431. The van der Waals surface area contributed by atoms with E-state index in [2.05, 4.69) is 10.2 Å². The Morgan fingerprint density at radius 3 is 2.50 bits per heavy atom. The van der Waals surface area contributed by atoms with E-state index in [1.165, 1.54) is 16.2 Å². The van der Waals surface area contributed by atoms with E-state index in [0.29, 0.717) is 32.5 Å². The van der Waals surface area contributed by atoms with Crippen LogP contribution in [0.5, 0.6) is 0 Å². The summed E-state index contributed by atoms with van der Waals surface area (Å²) in [5, 5.41) is 19.6. The lowest BCUT2D eigenvalue weighted by molar-refractivity contribution is -0.136. The highest BCUT2D eigenvalue weighted by atomic mass is 35.5. The first-order valence-electron chi connectivity index (χ1n) is 12.6. The van der Waals surface area contributed by atoms with Gasteiger partial charge in [0.15, 0.2) is 5.78 Å². The molecule has 0 aliphatic heterocycles. The number of carbonyl (C=O) groups is 3. The molecule has 0 aliphatic rings. The van der Waals surface area contributed by atoms with Crippen LogP contribution in [0.3, 0.4) is 0 Å². The van der Waals surface area contributed by atoms with Gasteiger partial charge in [-0.1, -0.05) is 48.9 Å². The first kappa shape index (κ1) is 27.3. The number of nitrogens with zero attached hydrogens (tertiary/aromatic N) is 5. The quantitative estimate of drug-likeness (QED) is 0.238. The van der Waals surface area contributed by atoms with Gasteiger partial charge in [0.2, 0.25) is 11.9 Å². The number of anilines is 1. The first-order valence-corrected chi connectivity index (χ1v) is 13.8. The molecule has 0 radical (unpaired) electrons. The Morgan fingerprint density at radius 1 is 1.05 bits per heavy atom. The van der Waals surface area contributed by atoms with E-state index in [0.717, 1.165) is 22.2 Å². The van der Waals surface area contributed by atoms with E-state index in [1.54, 1.807) is 53.6 Å². The fourth-order valence-corrected chi connectivity index (χ4v) is 6.01. The maximum absolute atomic E-state index is 13.6. The number of benzene rings is 2. The minimum atomic E-state index is -0.945. The molecule has 0 fully saturated rings. The highest BCUT2D eigenvalue weighted by Gasteiger charge is 2.27. The second kappa shape index (κ2) is 11.1. The number of rotatable bonds is 9. The van der Waals surface area contributed by atoms with E-state index in [1.807, 2.05) is 37.3 Å². The number of carbonyl (C=O) groups excluding carboxylic acids is 2. The van der Waals surface area contributed by atoms with Crippen LogP contribution in [0.2, 0.25) is 5.02 Å². The lowest BCUT2D eigenvalue weighted by atomic mass is 10.0. The Bertz CT molecular complexity index is 1770. The second-order valence-corrected chi connectivity index (χ2v) is 10.8. The number of aromatic nitrogens is 4. The van der Waals surface area contributed by atoms with Gasteiger partial charge in [-0.2, -0.15) is 0 Å². The third kappa shape index (κ3) is 5.03. The topological polar surface area (TPSA) is 110 Å². The fraction of sp³-hybridized carbons (Fsp3) is 0.207. The Morgan fingerprint density at radius 2 is 1.77 bits per heavy atom. The van der Waals surface area contributed by atoms with Gasteiger partial charge >= 0.3 is 5.97 Å². The van der Waals surface area contributed by atoms with Gasteiger partial charge in [-0.3, -0.25) is 23.9 Å². The van der Waals surface area contributed by atoms with Gasteiger partial charge in [0.05, 0.1) is 17.0 Å². The van der Waals surface area contributed by atoms with Crippen LogP contribution in [0.15, 0.2) is 60.8 Å². The smallest absolute Gasteiger partial charge is 0.307 e. The standard InChI is InChI=1S/C29H26ClN5O4S/c1-4-19-14-22(27(39)21-10-5-7-11-23(21)30)28(40-19)35-17(2)31-32-29(35)33(3)25(36)16-34-15-18(13-26(37)38)20-9-6-8-12-24(20)34/h5-12,14-15H,4,13,16H2,1-3H3,(H,37,38). The van der Waals surface area contributed by atoms with Crippen LogP contribution in [0.1, 0.15) is 39.1 Å². The number of carboxylic acid groups (broad SMARTS) is 1. The number of aliphatic carboxylic acids is 1. The molecule has 0 saturated carbocycles. The molecule has 0 aliphatic carbocycles. The van der Waals surface area contributed by atoms with Gasteiger partial charge in [0.25, 0.3) is 0 Å². The number of ketones is 1. The number of hydrogen-bond donors (Lipinski definition) is 1. The normalized spacial score (nSPS) is 11.2. The van der Waals surface area contributed by atoms with E-state index in [9.17, 15) is 19.5 Å². The molecule has 11 heteroatoms. The second-order valence-electron chi connectivity index (χ2n) is 9.30. The van der Waals surface area contributed by atoms with Crippen molar-refractivity contribution in [2.75, 3.05) is 11.9 Å². The summed E-state index contributed by atoms with van der Waals surface area (Å²) in [7, 11) is 1.61. The lowest BCUT2D eigenvalue weighted by Crippen LogP contribution is -2.32. The number of halogens is 1. The number of aryl methyl sites for hydroxylation is 2. The van der Waals surface area contributed by atoms with Crippen LogP contribution in [-0.4, -0.2) is 49.1 Å². The summed E-state index contributed by atoms with van der Waals surface area (Å²) in [5.41, 5.74) is 2.23. The Labute approximate surface area is 239 Å². The first-order chi connectivity index (χ1) is 19.2. The minimum Gasteiger partial charge on any atom is -0.481 e. The van der Waals surface area contributed by atoms with Crippen molar-refractivity contribution in [1.82, 2.24) is 19.3 Å². The molecule has 1 N–H and O–H groups in total. The Kier molecular flexibility index (Phi) is 7.55. The summed E-state index contributed by atoms with van der Waals surface area (Å²) in [6, 6.07) is 16.1. The monoisotopic (exact) mass is 575 g/mol. The average molecular weight is 576 g/mol. The van der Waals surface area contributed by atoms with Gasteiger partial charge in [-0.05, 0) is 43.2 Å². The van der Waals surface area contributed by atoms with Gasteiger partial charge in [-0.25, -0.2) is 0 Å². The highest BCUT2D eigenvalue weighted by molar-refractivity contribution is 7.15. The zero-order valence-electron chi connectivity index (χ0n) is 22.1. The molecular weight excluding hydrogens is 550 g/mol. The van der Waals surface area contributed by atoms with Gasteiger partial charge < -0.3 is 9.67 Å². The third-order valence-corrected chi connectivity index (χ3v) is 8.27. The molecule has 9 nitrogen and oxygen atoms in total. The number of likely N-dealkylation sites (N-methyl/N-ethyl adjacent to an activating group) is 1. The van der Waals surface area contributed by atoms with Crippen LogP contribution < -0.4 is 4.90 Å². The highest BCUT2D eigenvalue weighted by Crippen LogP contribution is 2.34. The number of para-hydroxylation sites is 1. The lowest BCUT2D eigenvalue weighted by Gasteiger charge is -2.18. The molecule has 1 amide bonds. The summed E-state index contributed by atoms with van der Waals surface area (Å²) in [5.74, 6) is -0.679. The largest absolute Gasteiger partial charge is 0.481 e. The van der Waals surface area contributed by atoms with Crippen molar-refractivity contribution in [3.8, 4) is 5.00 Å². The molecule has 2 aromatic carbocycles. The molecular formula is C29H26ClN5O4S. The molecule has 5 rings (SSSR count). The fourth-order valence-electron chi connectivity index (χ4n) is 4.65. The molecule has 40 heavy (non-hydrogen) atoms. The molecule has 0 spiro atoms. The third-order valence-electron chi connectivity index (χ3n) is 6.68. The molecule has 0 unspecified atom stereocenters.